The standard InChI is InChI=1S/C19H23N3O2/c23-19(24)18(16-7-2-1-3-8-16)22-12-6-11-21(13-14-22)15-17-9-4-5-10-20-17/h1-5,7-10,18H,6,11-15H2,(H,23,24)/t18-/m1/s1. The molecule has 2 heterocycles. The maximum atomic E-state index is 11.8. The van der Waals surface area contributed by atoms with Crippen LogP contribution in [0.3, 0.4) is 0 Å². The third-order valence-electron chi connectivity index (χ3n) is 4.45. The lowest BCUT2D eigenvalue weighted by atomic mass is 10.1. The number of hydrogen-bond donors (Lipinski definition) is 1. The highest BCUT2D eigenvalue weighted by Crippen LogP contribution is 2.22. The number of carboxylic acid groups (broad SMARTS) is 1. The Hall–Kier alpha value is -2.24. The van der Waals surface area contributed by atoms with Gasteiger partial charge in [0.25, 0.3) is 0 Å². The molecule has 5 nitrogen and oxygen atoms in total. The van der Waals surface area contributed by atoms with Crippen molar-refractivity contribution in [2.75, 3.05) is 26.2 Å². The Morgan fingerprint density at radius 2 is 1.83 bits per heavy atom. The minimum atomic E-state index is -0.778. The van der Waals surface area contributed by atoms with Crippen molar-refractivity contribution in [1.29, 1.82) is 0 Å². The van der Waals surface area contributed by atoms with E-state index in [9.17, 15) is 9.90 Å². The second kappa shape index (κ2) is 8.04. The normalized spacial score (nSPS) is 18.0. The van der Waals surface area contributed by atoms with E-state index in [1.807, 2.05) is 54.7 Å². The number of nitrogens with zero attached hydrogens (tertiary/aromatic N) is 3. The summed E-state index contributed by atoms with van der Waals surface area (Å²) in [6, 6.07) is 14.9. The van der Waals surface area contributed by atoms with Crippen molar-refractivity contribution < 1.29 is 9.90 Å². The zero-order valence-electron chi connectivity index (χ0n) is 13.7. The van der Waals surface area contributed by atoms with Crippen LogP contribution in [0.5, 0.6) is 0 Å². The quantitative estimate of drug-likeness (QED) is 0.915. The zero-order chi connectivity index (χ0) is 16.8. The summed E-state index contributed by atoms with van der Waals surface area (Å²) in [5.74, 6) is -0.778. The van der Waals surface area contributed by atoms with Crippen LogP contribution in [0.2, 0.25) is 0 Å². The van der Waals surface area contributed by atoms with E-state index in [4.69, 9.17) is 0 Å². The smallest absolute Gasteiger partial charge is 0.325 e. The molecule has 126 valence electrons. The van der Waals surface area contributed by atoms with E-state index in [1.165, 1.54) is 0 Å². The molecule has 0 amide bonds. The molecule has 1 N–H and O–H groups in total. The summed E-state index contributed by atoms with van der Waals surface area (Å²) in [7, 11) is 0. The van der Waals surface area contributed by atoms with Crippen LogP contribution in [-0.4, -0.2) is 52.0 Å². The lowest BCUT2D eigenvalue weighted by Gasteiger charge is -2.28. The van der Waals surface area contributed by atoms with Crippen molar-refractivity contribution in [2.45, 2.75) is 19.0 Å². The van der Waals surface area contributed by atoms with Gasteiger partial charge in [-0.2, -0.15) is 0 Å². The molecule has 1 aromatic heterocycles. The fourth-order valence-electron chi connectivity index (χ4n) is 3.27. The Labute approximate surface area is 142 Å². The van der Waals surface area contributed by atoms with Crippen LogP contribution in [0.15, 0.2) is 54.7 Å². The Morgan fingerprint density at radius 1 is 1.04 bits per heavy atom. The average Bonchev–Trinajstić information content (AvgIpc) is 2.82. The summed E-state index contributed by atoms with van der Waals surface area (Å²) in [5, 5.41) is 9.71. The van der Waals surface area contributed by atoms with Crippen LogP contribution < -0.4 is 0 Å². The number of carbonyl (C=O) groups is 1. The number of aliphatic carboxylic acids is 1. The zero-order valence-corrected chi connectivity index (χ0v) is 13.7. The first-order chi connectivity index (χ1) is 11.7. The van der Waals surface area contributed by atoms with Crippen LogP contribution in [0.1, 0.15) is 23.7 Å². The van der Waals surface area contributed by atoms with Crippen LogP contribution in [0, 0.1) is 0 Å². The molecule has 1 aliphatic heterocycles. The third-order valence-corrected chi connectivity index (χ3v) is 4.45. The van der Waals surface area contributed by atoms with Gasteiger partial charge in [0.2, 0.25) is 0 Å². The highest BCUT2D eigenvalue weighted by molar-refractivity contribution is 5.75. The SMILES string of the molecule is O=C(O)[C@@H](c1ccccc1)N1CCCN(Cc2ccccn2)CC1. The van der Waals surface area contributed by atoms with Gasteiger partial charge in [0.15, 0.2) is 0 Å². The van der Waals surface area contributed by atoms with Gasteiger partial charge in [-0.3, -0.25) is 19.6 Å². The second-order valence-corrected chi connectivity index (χ2v) is 6.14. The highest BCUT2D eigenvalue weighted by atomic mass is 16.4. The fourth-order valence-corrected chi connectivity index (χ4v) is 3.27. The molecule has 1 aromatic carbocycles. The summed E-state index contributed by atoms with van der Waals surface area (Å²) in [6.07, 6.45) is 2.78. The summed E-state index contributed by atoms with van der Waals surface area (Å²) in [5.41, 5.74) is 1.91. The van der Waals surface area contributed by atoms with Crippen molar-refractivity contribution >= 4 is 5.97 Å². The van der Waals surface area contributed by atoms with Gasteiger partial charge < -0.3 is 5.11 Å². The molecular weight excluding hydrogens is 302 g/mol. The molecule has 2 aromatic rings. The molecule has 0 spiro atoms. The lowest BCUT2D eigenvalue weighted by molar-refractivity contribution is -0.143. The second-order valence-electron chi connectivity index (χ2n) is 6.14. The largest absolute Gasteiger partial charge is 0.480 e. The summed E-state index contributed by atoms with van der Waals surface area (Å²) in [6.45, 7) is 4.18. The fraction of sp³-hybridized carbons (Fsp3) is 0.368. The molecule has 3 rings (SSSR count). The summed E-state index contributed by atoms with van der Waals surface area (Å²) in [4.78, 5) is 20.6. The highest BCUT2D eigenvalue weighted by Gasteiger charge is 2.28. The molecule has 1 fully saturated rings. The van der Waals surface area contributed by atoms with Crippen LogP contribution >= 0.6 is 0 Å². The number of hydrogen-bond acceptors (Lipinski definition) is 4. The predicted molar refractivity (Wildman–Crippen MR) is 92.5 cm³/mol. The van der Waals surface area contributed by atoms with Gasteiger partial charge >= 0.3 is 5.97 Å². The van der Waals surface area contributed by atoms with E-state index in [0.717, 1.165) is 50.4 Å². The molecule has 0 saturated carbocycles. The van der Waals surface area contributed by atoms with Crippen molar-refractivity contribution in [3.8, 4) is 0 Å². The number of pyridine rings is 1. The van der Waals surface area contributed by atoms with Gasteiger partial charge in [0.05, 0.1) is 5.69 Å². The monoisotopic (exact) mass is 325 g/mol. The number of rotatable bonds is 5. The van der Waals surface area contributed by atoms with Gasteiger partial charge in [0, 0.05) is 32.4 Å². The summed E-state index contributed by atoms with van der Waals surface area (Å²) < 4.78 is 0. The van der Waals surface area contributed by atoms with Crippen LogP contribution in [0.4, 0.5) is 0 Å². The molecule has 0 aliphatic carbocycles. The maximum absolute atomic E-state index is 11.8. The number of benzene rings is 1. The molecular formula is C19H23N3O2. The molecule has 0 unspecified atom stereocenters. The molecule has 0 bridgehead atoms. The molecule has 24 heavy (non-hydrogen) atoms. The molecule has 0 radical (unpaired) electrons. The van der Waals surface area contributed by atoms with Gasteiger partial charge in [-0.05, 0) is 30.7 Å². The Morgan fingerprint density at radius 3 is 2.54 bits per heavy atom. The molecule has 1 saturated heterocycles. The first-order valence-corrected chi connectivity index (χ1v) is 8.38. The topological polar surface area (TPSA) is 56.7 Å². The average molecular weight is 325 g/mol. The molecule has 1 aliphatic rings. The number of aromatic nitrogens is 1. The minimum Gasteiger partial charge on any atom is -0.480 e. The first-order valence-electron chi connectivity index (χ1n) is 8.38. The van der Waals surface area contributed by atoms with E-state index in [1.54, 1.807) is 0 Å². The number of carboxylic acids is 1. The predicted octanol–water partition coefficient (Wildman–Crippen LogP) is 2.42. The Kier molecular flexibility index (Phi) is 5.56. The third kappa shape index (κ3) is 4.19. The van der Waals surface area contributed by atoms with Crippen molar-refractivity contribution in [3.63, 3.8) is 0 Å². The molecule has 5 heteroatoms. The van der Waals surface area contributed by atoms with E-state index >= 15 is 0 Å². The van der Waals surface area contributed by atoms with Gasteiger partial charge in [0.1, 0.15) is 6.04 Å². The van der Waals surface area contributed by atoms with Crippen molar-refractivity contribution in [1.82, 2.24) is 14.8 Å². The van der Waals surface area contributed by atoms with Crippen molar-refractivity contribution in [2.24, 2.45) is 0 Å². The lowest BCUT2D eigenvalue weighted by Crippen LogP contribution is -2.37. The first kappa shape index (κ1) is 16.6. The Balaban J connectivity index is 1.66. The van der Waals surface area contributed by atoms with E-state index in [-0.39, 0.29) is 0 Å². The van der Waals surface area contributed by atoms with Crippen LogP contribution in [0.25, 0.3) is 0 Å². The van der Waals surface area contributed by atoms with E-state index < -0.39 is 12.0 Å². The van der Waals surface area contributed by atoms with E-state index in [2.05, 4.69) is 14.8 Å². The van der Waals surface area contributed by atoms with Gasteiger partial charge in [-0.15, -0.1) is 0 Å². The van der Waals surface area contributed by atoms with Crippen molar-refractivity contribution in [3.05, 3.63) is 66.0 Å². The maximum Gasteiger partial charge on any atom is 0.325 e. The molecule has 1 atom stereocenters. The van der Waals surface area contributed by atoms with Gasteiger partial charge in [-0.1, -0.05) is 36.4 Å². The van der Waals surface area contributed by atoms with Gasteiger partial charge in [-0.25, -0.2) is 0 Å². The summed E-state index contributed by atoms with van der Waals surface area (Å²) >= 11 is 0. The van der Waals surface area contributed by atoms with E-state index in [0.29, 0.717) is 0 Å². The Bertz CT molecular complexity index is 648. The minimum absolute atomic E-state index is 0.569. The van der Waals surface area contributed by atoms with Crippen LogP contribution in [-0.2, 0) is 11.3 Å².